The van der Waals surface area contributed by atoms with Crippen LogP contribution in [0.2, 0.25) is 0 Å². The molecule has 0 saturated carbocycles. The molecule has 28 heavy (non-hydrogen) atoms. The molecule has 1 atom stereocenters. The van der Waals surface area contributed by atoms with Crippen LogP contribution in [0.5, 0.6) is 0 Å². The van der Waals surface area contributed by atoms with E-state index in [9.17, 15) is 26.8 Å². The molecule has 0 bridgehead atoms. The Morgan fingerprint density at radius 2 is 1.61 bits per heavy atom. The average molecular weight is 411 g/mol. The number of sulfone groups is 1. The van der Waals surface area contributed by atoms with E-state index in [1.165, 1.54) is 11.8 Å². The maximum Gasteiger partial charge on any atom is 0.341 e. The lowest BCUT2D eigenvalue weighted by atomic mass is 10.2. The predicted octanol–water partition coefficient (Wildman–Crippen LogP) is 3.28. The van der Waals surface area contributed by atoms with Gasteiger partial charge in [0.15, 0.2) is 6.10 Å². The largest absolute Gasteiger partial charge is 0.449 e. The number of halogens is 2. The van der Waals surface area contributed by atoms with Crippen LogP contribution in [-0.2, 0) is 19.4 Å². The molecule has 0 aliphatic heterocycles. The Morgan fingerprint density at radius 1 is 1.04 bits per heavy atom. The zero-order valence-corrected chi connectivity index (χ0v) is 16.0. The van der Waals surface area contributed by atoms with E-state index in [1.807, 2.05) is 6.07 Å². The highest BCUT2D eigenvalue weighted by atomic mass is 32.2. The summed E-state index contributed by atoms with van der Waals surface area (Å²) >= 11 is 0. The molecule has 0 aromatic heterocycles. The van der Waals surface area contributed by atoms with Crippen LogP contribution in [0.4, 0.5) is 14.5 Å². The monoisotopic (exact) mass is 411 g/mol. The van der Waals surface area contributed by atoms with E-state index < -0.39 is 38.5 Å². The first kappa shape index (κ1) is 21.5. The standard InChI is InChI=1S/C19H19F2NO5S/c1-3-22(15-7-5-4-6-8-15)17(23)13(2)27-18(24)14-9-11-16(12-10-14)28(25,26)19(20)21/h4-13,19H,3H2,1-2H3. The van der Waals surface area contributed by atoms with Gasteiger partial charge in [-0.05, 0) is 50.2 Å². The lowest BCUT2D eigenvalue weighted by molar-refractivity contribution is -0.126. The molecule has 150 valence electrons. The Kier molecular flexibility index (Phi) is 6.85. The lowest BCUT2D eigenvalue weighted by Gasteiger charge is -2.24. The van der Waals surface area contributed by atoms with Crippen molar-refractivity contribution < 1.29 is 31.5 Å². The van der Waals surface area contributed by atoms with Gasteiger partial charge >= 0.3 is 11.7 Å². The number of hydrogen-bond acceptors (Lipinski definition) is 5. The Balaban J connectivity index is 2.10. The summed E-state index contributed by atoms with van der Waals surface area (Å²) in [5.41, 5.74) is 0.593. The molecule has 2 aromatic carbocycles. The first-order chi connectivity index (χ1) is 13.2. The number of ether oxygens (including phenoxy) is 1. The number of anilines is 1. The van der Waals surface area contributed by atoms with Gasteiger partial charge in [-0.2, -0.15) is 8.78 Å². The van der Waals surface area contributed by atoms with Gasteiger partial charge in [-0.1, -0.05) is 18.2 Å². The Bertz CT molecular complexity index is 931. The number of nitrogens with zero attached hydrogens (tertiary/aromatic N) is 1. The van der Waals surface area contributed by atoms with E-state index in [2.05, 4.69) is 0 Å². The van der Waals surface area contributed by atoms with Crippen LogP contribution >= 0.6 is 0 Å². The first-order valence-corrected chi connectivity index (χ1v) is 9.92. The molecule has 0 aliphatic rings. The molecular formula is C19H19F2NO5S. The summed E-state index contributed by atoms with van der Waals surface area (Å²) < 4.78 is 53.1. The van der Waals surface area contributed by atoms with Gasteiger partial charge in [-0.15, -0.1) is 0 Å². The number of likely N-dealkylation sites (N-methyl/N-ethyl adjacent to an activating group) is 1. The van der Waals surface area contributed by atoms with E-state index >= 15 is 0 Å². The quantitative estimate of drug-likeness (QED) is 0.653. The molecule has 1 amide bonds. The number of hydrogen-bond donors (Lipinski definition) is 0. The minimum Gasteiger partial charge on any atom is -0.449 e. The molecule has 2 rings (SSSR count). The Labute approximate surface area is 161 Å². The van der Waals surface area contributed by atoms with Gasteiger partial charge in [0.25, 0.3) is 5.91 Å². The van der Waals surface area contributed by atoms with Gasteiger partial charge in [0.2, 0.25) is 9.84 Å². The van der Waals surface area contributed by atoms with Crippen molar-refractivity contribution in [2.24, 2.45) is 0 Å². The molecule has 0 saturated heterocycles. The molecule has 9 heteroatoms. The van der Waals surface area contributed by atoms with Crippen molar-refractivity contribution >= 4 is 27.4 Å². The van der Waals surface area contributed by atoms with Crippen molar-refractivity contribution in [3.8, 4) is 0 Å². The van der Waals surface area contributed by atoms with E-state index in [4.69, 9.17) is 4.74 Å². The van der Waals surface area contributed by atoms with E-state index in [0.717, 1.165) is 24.3 Å². The fourth-order valence-corrected chi connectivity index (χ4v) is 3.18. The number of carbonyl (C=O) groups is 2. The zero-order valence-electron chi connectivity index (χ0n) is 15.2. The third-order valence-corrected chi connectivity index (χ3v) is 5.33. The molecule has 2 aromatic rings. The molecule has 0 spiro atoms. The SMILES string of the molecule is CCN(C(=O)C(C)OC(=O)c1ccc(S(=O)(=O)C(F)F)cc1)c1ccccc1. The van der Waals surface area contributed by atoms with Crippen LogP contribution in [0.25, 0.3) is 0 Å². The second-order valence-electron chi connectivity index (χ2n) is 5.80. The highest BCUT2D eigenvalue weighted by molar-refractivity contribution is 7.91. The van der Waals surface area contributed by atoms with Gasteiger partial charge in [-0.25, -0.2) is 13.2 Å². The number of carbonyl (C=O) groups excluding carboxylic acids is 2. The summed E-state index contributed by atoms with van der Waals surface area (Å²) in [6.45, 7) is 3.56. The fourth-order valence-electron chi connectivity index (χ4n) is 2.46. The van der Waals surface area contributed by atoms with Crippen LogP contribution < -0.4 is 4.90 Å². The molecule has 0 heterocycles. The van der Waals surface area contributed by atoms with Crippen molar-refractivity contribution in [2.45, 2.75) is 30.6 Å². The third kappa shape index (κ3) is 4.72. The lowest BCUT2D eigenvalue weighted by Crippen LogP contribution is -2.40. The summed E-state index contributed by atoms with van der Waals surface area (Å²) in [6.07, 6.45) is -1.10. The van der Waals surface area contributed by atoms with E-state index in [1.54, 1.807) is 31.2 Å². The maximum atomic E-state index is 12.6. The minimum atomic E-state index is -4.75. The summed E-state index contributed by atoms with van der Waals surface area (Å²) in [6, 6.07) is 12.8. The molecule has 0 N–H and O–H groups in total. The number of benzene rings is 2. The molecule has 6 nitrogen and oxygen atoms in total. The van der Waals surface area contributed by atoms with Crippen LogP contribution in [-0.4, -0.2) is 38.7 Å². The minimum absolute atomic E-state index is 0.0596. The molecule has 0 radical (unpaired) electrons. The van der Waals surface area contributed by atoms with Gasteiger partial charge in [0.1, 0.15) is 0 Å². The van der Waals surface area contributed by atoms with Crippen molar-refractivity contribution in [2.75, 3.05) is 11.4 Å². The third-order valence-electron chi connectivity index (χ3n) is 3.93. The first-order valence-electron chi connectivity index (χ1n) is 8.38. The highest BCUT2D eigenvalue weighted by Crippen LogP contribution is 2.20. The molecular weight excluding hydrogens is 392 g/mol. The van der Waals surface area contributed by atoms with Gasteiger partial charge in [0.05, 0.1) is 10.5 Å². The van der Waals surface area contributed by atoms with Crippen molar-refractivity contribution in [1.82, 2.24) is 0 Å². The van der Waals surface area contributed by atoms with E-state index in [0.29, 0.717) is 12.2 Å². The Morgan fingerprint density at radius 3 is 2.11 bits per heavy atom. The van der Waals surface area contributed by atoms with Gasteiger partial charge in [-0.3, -0.25) is 4.79 Å². The summed E-state index contributed by atoms with van der Waals surface area (Å²) in [7, 11) is -4.75. The molecule has 0 aliphatic carbocycles. The molecule has 0 fully saturated rings. The average Bonchev–Trinajstić information content (AvgIpc) is 2.69. The number of rotatable bonds is 7. The number of alkyl halides is 2. The summed E-state index contributed by atoms with van der Waals surface area (Å²) in [5, 5.41) is 0. The maximum absolute atomic E-state index is 12.6. The number of para-hydroxylation sites is 1. The van der Waals surface area contributed by atoms with Crippen LogP contribution in [0.1, 0.15) is 24.2 Å². The predicted molar refractivity (Wildman–Crippen MR) is 99.0 cm³/mol. The summed E-state index contributed by atoms with van der Waals surface area (Å²) in [4.78, 5) is 25.6. The topological polar surface area (TPSA) is 80.8 Å². The number of amides is 1. The van der Waals surface area contributed by atoms with E-state index in [-0.39, 0.29) is 5.56 Å². The van der Waals surface area contributed by atoms with Crippen molar-refractivity contribution in [1.29, 1.82) is 0 Å². The van der Waals surface area contributed by atoms with Crippen LogP contribution in [0, 0.1) is 0 Å². The zero-order chi connectivity index (χ0) is 20.9. The Hall–Kier alpha value is -2.81. The molecule has 1 unspecified atom stereocenters. The smallest absolute Gasteiger partial charge is 0.341 e. The number of esters is 1. The normalized spacial score (nSPS) is 12.5. The van der Waals surface area contributed by atoms with Gasteiger partial charge in [0, 0.05) is 12.2 Å². The highest BCUT2D eigenvalue weighted by Gasteiger charge is 2.27. The second-order valence-corrected chi connectivity index (χ2v) is 7.71. The van der Waals surface area contributed by atoms with Gasteiger partial charge < -0.3 is 9.64 Å². The van der Waals surface area contributed by atoms with Crippen molar-refractivity contribution in [3.05, 3.63) is 60.2 Å². The fraction of sp³-hybridized carbons (Fsp3) is 0.263. The second kappa shape index (κ2) is 8.92. The van der Waals surface area contributed by atoms with Crippen molar-refractivity contribution in [3.63, 3.8) is 0 Å². The van der Waals surface area contributed by atoms with Crippen LogP contribution in [0.3, 0.4) is 0 Å². The summed E-state index contributed by atoms with van der Waals surface area (Å²) in [5.74, 6) is -4.86. The van der Waals surface area contributed by atoms with Crippen LogP contribution in [0.15, 0.2) is 59.5 Å².